The molecule has 0 saturated carbocycles. The molecule has 0 aliphatic rings. The van der Waals surface area contributed by atoms with Crippen molar-refractivity contribution in [3.63, 3.8) is 0 Å². The van der Waals surface area contributed by atoms with Crippen LogP contribution in [0.2, 0.25) is 5.02 Å². The molecule has 0 amide bonds. The zero-order valence-corrected chi connectivity index (χ0v) is 13.7. The molecule has 1 aromatic heterocycles. The van der Waals surface area contributed by atoms with E-state index in [-0.39, 0.29) is 16.6 Å². The van der Waals surface area contributed by atoms with Crippen molar-refractivity contribution >= 4 is 27.5 Å². The van der Waals surface area contributed by atoms with Gasteiger partial charge < -0.3 is 5.32 Å². The fraction of sp³-hybridized carbons (Fsp3) is 0.267. The van der Waals surface area contributed by atoms with Crippen molar-refractivity contribution in [1.82, 2.24) is 10.3 Å². The van der Waals surface area contributed by atoms with E-state index in [1.165, 1.54) is 0 Å². The Kier molecular flexibility index (Phi) is 5.67. The molecule has 1 unspecified atom stereocenters. The number of hydrogen-bond acceptors (Lipinski definition) is 2. The molecule has 2 nitrogen and oxygen atoms in total. The topological polar surface area (TPSA) is 24.9 Å². The molecule has 0 aliphatic carbocycles. The van der Waals surface area contributed by atoms with E-state index in [1.807, 2.05) is 19.1 Å². The van der Waals surface area contributed by atoms with E-state index in [9.17, 15) is 8.78 Å². The molecule has 0 saturated heterocycles. The summed E-state index contributed by atoms with van der Waals surface area (Å²) in [6.45, 7) is 2.54. The first-order valence-corrected chi connectivity index (χ1v) is 7.66. The van der Waals surface area contributed by atoms with E-state index < -0.39 is 11.6 Å². The fourth-order valence-electron chi connectivity index (χ4n) is 2.08. The van der Waals surface area contributed by atoms with Crippen molar-refractivity contribution in [2.24, 2.45) is 0 Å². The van der Waals surface area contributed by atoms with Crippen LogP contribution in [0.5, 0.6) is 0 Å². The highest BCUT2D eigenvalue weighted by Gasteiger charge is 2.18. The maximum Gasteiger partial charge on any atom is 0.142 e. The molecule has 0 bridgehead atoms. The summed E-state index contributed by atoms with van der Waals surface area (Å²) in [6.07, 6.45) is 2.14. The summed E-state index contributed by atoms with van der Waals surface area (Å²) >= 11 is 8.91. The van der Waals surface area contributed by atoms with Gasteiger partial charge in [-0.1, -0.05) is 18.5 Å². The van der Waals surface area contributed by atoms with Gasteiger partial charge in [0, 0.05) is 34.4 Å². The zero-order chi connectivity index (χ0) is 15.4. The van der Waals surface area contributed by atoms with Gasteiger partial charge >= 0.3 is 0 Å². The number of nitrogens with zero attached hydrogens (tertiary/aromatic N) is 1. The Bertz CT molecular complexity index is 620. The minimum atomic E-state index is -0.625. The molecule has 21 heavy (non-hydrogen) atoms. The van der Waals surface area contributed by atoms with Gasteiger partial charge in [-0.15, -0.1) is 0 Å². The van der Waals surface area contributed by atoms with Crippen molar-refractivity contribution < 1.29 is 8.78 Å². The van der Waals surface area contributed by atoms with Crippen molar-refractivity contribution in [1.29, 1.82) is 0 Å². The number of benzene rings is 1. The van der Waals surface area contributed by atoms with E-state index in [0.29, 0.717) is 13.0 Å². The summed E-state index contributed by atoms with van der Waals surface area (Å²) in [5.41, 5.74) is 1.04. The monoisotopic (exact) mass is 374 g/mol. The molecular formula is C15H14BrClF2N2. The van der Waals surface area contributed by atoms with Crippen LogP contribution in [0.4, 0.5) is 8.78 Å². The Morgan fingerprint density at radius 1 is 1.29 bits per heavy atom. The third kappa shape index (κ3) is 4.22. The van der Waals surface area contributed by atoms with Crippen LogP contribution >= 0.6 is 27.5 Å². The van der Waals surface area contributed by atoms with E-state index >= 15 is 0 Å². The van der Waals surface area contributed by atoms with Crippen LogP contribution in [0, 0.1) is 11.6 Å². The molecule has 2 aromatic rings. The van der Waals surface area contributed by atoms with E-state index in [2.05, 4.69) is 26.2 Å². The predicted molar refractivity (Wildman–Crippen MR) is 83.4 cm³/mol. The van der Waals surface area contributed by atoms with E-state index in [0.717, 1.165) is 22.3 Å². The smallest absolute Gasteiger partial charge is 0.142 e. The zero-order valence-electron chi connectivity index (χ0n) is 11.3. The van der Waals surface area contributed by atoms with Crippen LogP contribution in [0.15, 0.2) is 34.9 Å². The van der Waals surface area contributed by atoms with Crippen LogP contribution in [0.1, 0.15) is 24.2 Å². The molecule has 1 N–H and O–H groups in total. The summed E-state index contributed by atoms with van der Waals surface area (Å²) < 4.78 is 28.5. The lowest BCUT2D eigenvalue weighted by molar-refractivity contribution is 0.499. The molecule has 0 spiro atoms. The Labute approximate surface area is 135 Å². The molecule has 112 valence electrons. The molecule has 1 heterocycles. The van der Waals surface area contributed by atoms with Gasteiger partial charge in [0.1, 0.15) is 11.6 Å². The number of aromatic nitrogens is 1. The van der Waals surface area contributed by atoms with Crippen molar-refractivity contribution in [3.05, 3.63) is 62.8 Å². The van der Waals surface area contributed by atoms with Crippen molar-refractivity contribution in [3.8, 4) is 0 Å². The second kappa shape index (κ2) is 7.29. The fourth-order valence-corrected chi connectivity index (χ4v) is 2.46. The summed E-state index contributed by atoms with van der Waals surface area (Å²) in [5.74, 6) is -1.15. The lowest BCUT2D eigenvalue weighted by Gasteiger charge is -2.19. The molecule has 1 atom stereocenters. The minimum Gasteiger partial charge on any atom is -0.310 e. The van der Waals surface area contributed by atoms with Gasteiger partial charge in [0.25, 0.3) is 0 Å². The Morgan fingerprint density at radius 2 is 2.05 bits per heavy atom. The van der Waals surface area contributed by atoms with Gasteiger partial charge in [-0.05, 0) is 46.7 Å². The second-order valence-electron chi connectivity index (χ2n) is 4.57. The molecule has 0 radical (unpaired) electrons. The maximum atomic E-state index is 14.1. The maximum absolute atomic E-state index is 14.1. The summed E-state index contributed by atoms with van der Waals surface area (Å²) in [6, 6.07) is 5.49. The van der Waals surface area contributed by atoms with Gasteiger partial charge in [0.2, 0.25) is 0 Å². The number of likely N-dealkylation sites (N-methyl/N-ethyl adjacent to an activating group) is 1. The Hall–Kier alpha value is -1.04. The molecule has 6 heteroatoms. The second-order valence-corrected chi connectivity index (χ2v) is 5.89. The first-order valence-electron chi connectivity index (χ1n) is 6.49. The van der Waals surface area contributed by atoms with E-state index in [4.69, 9.17) is 11.6 Å². The standard InChI is InChI=1S/C15H14BrClF2N2/c1-2-20-15(5-10-4-3-9(16)8-21-10)11-6-14(19)12(17)7-13(11)18/h3-4,6-8,15,20H,2,5H2,1H3. The molecule has 0 fully saturated rings. The Balaban J connectivity index is 2.30. The van der Waals surface area contributed by atoms with Crippen LogP contribution in [0.3, 0.4) is 0 Å². The van der Waals surface area contributed by atoms with Crippen LogP contribution in [0.25, 0.3) is 0 Å². The number of nitrogens with one attached hydrogen (secondary N) is 1. The van der Waals surface area contributed by atoms with Gasteiger partial charge in [0.05, 0.1) is 5.02 Å². The van der Waals surface area contributed by atoms with E-state index in [1.54, 1.807) is 6.20 Å². The average Bonchev–Trinajstić information content (AvgIpc) is 2.45. The Morgan fingerprint density at radius 3 is 2.67 bits per heavy atom. The first-order chi connectivity index (χ1) is 10.0. The number of hydrogen-bond donors (Lipinski definition) is 1. The van der Waals surface area contributed by atoms with Gasteiger partial charge in [-0.25, -0.2) is 8.78 Å². The highest BCUT2D eigenvalue weighted by Crippen LogP contribution is 2.26. The highest BCUT2D eigenvalue weighted by molar-refractivity contribution is 9.10. The minimum absolute atomic E-state index is 0.215. The third-order valence-electron chi connectivity index (χ3n) is 3.07. The predicted octanol–water partition coefficient (Wildman–Crippen LogP) is 4.67. The molecule has 1 aromatic carbocycles. The van der Waals surface area contributed by atoms with Gasteiger partial charge in [-0.2, -0.15) is 0 Å². The lowest BCUT2D eigenvalue weighted by Crippen LogP contribution is -2.24. The average molecular weight is 376 g/mol. The number of halogens is 4. The number of pyridine rings is 1. The van der Waals surface area contributed by atoms with Crippen molar-refractivity contribution in [2.45, 2.75) is 19.4 Å². The summed E-state index contributed by atoms with van der Waals surface area (Å²) in [5, 5.41) is 2.93. The quantitative estimate of drug-likeness (QED) is 0.768. The SMILES string of the molecule is CCNC(Cc1ccc(Br)cn1)c1cc(F)c(Cl)cc1F. The molecule has 0 aliphatic heterocycles. The molecule has 2 rings (SSSR count). The first kappa shape index (κ1) is 16.3. The highest BCUT2D eigenvalue weighted by atomic mass is 79.9. The van der Waals surface area contributed by atoms with Crippen LogP contribution in [-0.2, 0) is 6.42 Å². The lowest BCUT2D eigenvalue weighted by atomic mass is 10.0. The normalized spacial score (nSPS) is 12.4. The largest absolute Gasteiger partial charge is 0.310 e. The summed E-state index contributed by atoms with van der Waals surface area (Å²) in [7, 11) is 0. The van der Waals surface area contributed by atoms with Gasteiger partial charge in [0.15, 0.2) is 0 Å². The third-order valence-corrected chi connectivity index (χ3v) is 3.83. The summed E-state index contributed by atoms with van der Waals surface area (Å²) in [4.78, 5) is 4.27. The van der Waals surface area contributed by atoms with Crippen LogP contribution in [-0.4, -0.2) is 11.5 Å². The van der Waals surface area contributed by atoms with Crippen molar-refractivity contribution in [2.75, 3.05) is 6.54 Å². The van der Waals surface area contributed by atoms with Gasteiger partial charge in [-0.3, -0.25) is 4.98 Å². The number of rotatable bonds is 5. The van der Waals surface area contributed by atoms with Crippen LogP contribution < -0.4 is 5.32 Å². The molecular weight excluding hydrogens is 362 g/mol.